The highest BCUT2D eigenvalue weighted by Crippen LogP contribution is 2.44. The molecule has 1 heterocycles. The summed E-state index contributed by atoms with van der Waals surface area (Å²) >= 11 is 0. The summed E-state index contributed by atoms with van der Waals surface area (Å²) in [6.45, 7) is 7.28. The maximum atomic E-state index is 5.83. The number of hydrogen-bond donors (Lipinski definition) is 0. The predicted octanol–water partition coefficient (Wildman–Crippen LogP) is 4.14. The molecule has 0 saturated carbocycles. The third kappa shape index (κ3) is 2.44. The van der Waals surface area contributed by atoms with Gasteiger partial charge in [-0.1, -0.05) is 44.2 Å². The van der Waals surface area contributed by atoms with Crippen molar-refractivity contribution in [2.24, 2.45) is 0 Å². The summed E-state index contributed by atoms with van der Waals surface area (Å²) in [4.78, 5) is 0. The lowest BCUT2D eigenvalue weighted by Gasteiger charge is -2.28. The molecule has 0 saturated heterocycles. The molecule has 3 nitrogen and oxygen atoms in total. The van der Waals surface area contributed by atoms with Crippen LogP contribution in [0, 0.1) is 0 Å². The molecular formula is C18H20O3. The number of benzene rings is 2. The summed E-state index contributed by atoms with van der Waals surface area (Å²) in [5.41, 5.74) is 2.18. The fraction of sp³-hybridized carbons (Fsp3) is 0.333. The van der Waals surface area contributed by atoms with Gasteiger partial charge in [0.15, 0.2) is 11.5 Å². The third-order valence-corrected chi connectivity index (χ3v) is 3.94. The second-order valence-corrected chi connectivity index (χ2v) is 5.63. The summed E-state index contributed by atoms with van der Waals surface area (Å²) < 4.78 is 16.8. The molecule has 1 aliphatic heterocycles. The van der Waals surface area contributed by atoms with Gasteiger partial charge in [0.2, 0.25) is 6.79 Å². The molecule has 0 spiro atoms. The Morgan fingerprint density at radius 2 is 1.71 bits per heavy atom. The molecule has 3 heteroatoms. The molecule has 0 atom stereocenters. The zero-order valence-electron chi connectivity index (χ0n) is 12.7. The Morgan fingerprint density at radius 3 is 2.38 bits per heavy atom. The minimum Gasteiger partial charge on any atom is -0.493 e. The van der Waals surface area contributed by atoms with Gasteiger partial charge < -0.3 is 14.2 Å². The van der Waals surface area contributed by atoms with Crippen molar-refractivity contribution in [2.45, 2.75) is 26.2 Å². The van der Waals surface area contributed by atoms with Gasteiger partial charge >= 0.3 is 0 Å². The number of ether oxygens (including phenoxy) is 3. The van der Waals surface area contributed by atoms with E-state index in [1.165, 1.54) is 5.56 Å². The van der Waals surface area contributed by atoms with Crippen LogP contribution >= 0.6 is 0 Å². The van der Waals surface area contributed by atoms with Crippen LogP contribution in [0.15, 0.2) is 42.5 Å². The normalized spacial score (nSPS) is 13.3. The molecule has 0 aliphatic carbocycles. The molecule has 110 valence electrons. The first-order valence-corrected chi connectivity index (χ1v) is 7.25. The van der Waals surface area contributed by atoms with Crippen molar-refractivity contribution in [3.63, 3.8) is 0 Å². The van der Waals surface area contributed by atoms with Crippen LogP contribution in [-0.4, -0.2) is 13.4 Å². The monoisotopic (exact) mass is 284 g/mol. The lowest BCUT2D eigenvalue weighted by atomic mass is 9.77. The van der Waals surface area contributed by atoms with Gasteiger partial charge in [-0.2, -0.15) is 0 Å². The van der Waals surface area contributed by atoms with Crippen molar-refractivity contribution < 1.29 is 14.2 Å². The van der Waals surface area contributed by atoms with E-state index in [-0.39, 0.29) is 12.2 Å². The fourth-order valence-electron chi connectivity index (χ4n) is 2.70. The van der Waals surface area contributed by atoms with E-state index in [1.54, 1.807) is 0 Å². The first kappa shape index (κ1) is 13.8. The molecule has 21 heavy (non-hydrogen) atoms. The van der Waals surface area contributed by atoms with E-state index in [2.05, 4.69) is 38.1 Å². The molecule has 0 radical (unpaired) electrons. The number of rotatable bonds is 4. The molecule has 0 bridgehead atoms. The average Bonchev–Trinajstić information content (AvgIpc) is 2.95. The molecule has 1 aliphatic rings. The molecule has 0 unspecified atom stereocenters. The highest BCUT2D eigenvalue weighted by molar-refractivity contribution is 5.56. The van der Waals surface area contributed by atoms with Crippen molar-refractivity contribution in [1.29, 1.82) is 0 Å². The van der Waals surface area contributed by atoms with Crippen LogP contribution in [-0.2, 0) is 5.41 Å². The van der Waals surface area contributed by atoms with E-state index in [9.17, 15) is 0 Å². The van der Waals surface area contributed by atoms with Gasteiger partial charge in [-0.15, -0.1) is 0 Å². The summed E-state index contributed by atoms with van der Waals surface area (Å²) in [7, 11) is 0. The van der Waals surface area contributed by atoms with Crippen molar-refractivity contribution in [2.75, 3.05) is 13.4 Å². The Balaban J connectivity index is 2.12. The van der Waals surface area contributed by atoms with Crippen LogP contribution in [0.4, 0.5) is 0 Å². The zero-order valence-corrected chi connectivity index (χ0v) is 12.7. The number of hydrogen-bond acceptors (Lipinski definition) is 3. The van der Waals surface area contributed by atoms with E-state index in [4.69, 9.17) is 14.2 Å². The first-order valence-electron chi connectivity index (χ1n) is 7.25. The van der Waals surface area contributed by atoms with E-state index in [0.717, 1.165) is 22.8 Å². The highest BCUT2D eigenvalue weighted by Gasteiger charge is 2.30. The van der Waals surface area contributed by atoms with Crippen LogP contribution in [0.25, 0.3) is 0 Å². The van der Waals surface area contributed by atoms with Gasteiger partial charge in [-0.3, -0.25) is 0 Å². The first-order chi connectivity index (χ1) is 10.1. The maximum Gasteiger partial charge on any atom is 0.231 e. The van der Waals surface area contributed by atoms with Gasteiger partial charge in [0.25, 0.3) is 0 Å². The van der Waals surface area contributed by atoms with E-state index in [0.29, 0.717) is 6.61 Å². The summed E-state index contributed by atoms with van der Waals surface area (Å²) in [6.07, 6.45) is 0. The minimum absolute atomic E-state index is 0.174. The summed E-state index contributed by atoms with van der Waals surface area (Å²) in [5, 5.41) is 0. The van der Waals surface area contributed by atoms with Crippen LogP contribution in [0.1, 0.15) is 31.9 Å². The standard InChI is InChI=1S/C18H20O3/c1-4-19-15-11-17-16(20-12-21-17)10-14(15)18(2,3)13-8-6-5-7-9-13/h5-11H,4,12H2,1-3H3. The molecule has 0 N–H and O–H groups in total. The Kier molecular flexibility index (Phi) is 3.50. The third-order valence-electron chi connectivity index (χ3n) is 3.94. The quantitative estimate of drug-likeness (QED) is 0.844. The summed E-state index contributed by atoms with van der Waals surface area (Å²) in [6, 6.07) is 14.4. The predicted molar refractivity (Wildman–Crippen MR) is 82.3 cm³/mol. The Bertz CT molecular complexity index is 632. The van der Waals surface area contributed by atoms with Crippen LogP contribution in [0.2, 0.25) is 0 Å². The largest absolute Gasteiger partial charge is 0.493 e. The van der Waals surface area contributed by atoms with Crippen LogP contribution in [0.5, 0.6) is 17.2 Å². The minimum atomic E-state index is -0.174. The second-order valence-electron chi connectivity index (χ2n) is 5.63. The van der Waals surface area contributed by atoms with E-state index >= 15 is 0 Å². The molecule has 0 fully saturated rings. The highest BCUT2D eigenvalue weighted by atomic mass is 16.7. The average molecular weight is 284 g/mol. The molecule has 0 amide bonds. The smallest absolute Gasteiger partial charge is 0.231 e. The molecule has 0 aromatic heterocycles. The number of fused-ring (bicyclic) bond motifs is 1. The fourth-order valence-corrected chi connectivity index (χ4v) is 2.70. The summed E-state index contributed by atoms with van der Waals surface area (Å²) in [5.74, 6) is 2.40. The van der Waals surface area contributed by atoms with Crippen molar-refractivity contribution in [1.82, 2.24) is 0 Å². The second kappa shape index (κ2) is 5.32. The Hall–Kier alpha value is -2.16. The van der Waals surface area contributed by atoms with Gasteiger partial charge in [0.1, 0.15) is 5.75 Å². The maximum absolute atomic E-state index is 5.83. The SMILES string of the molecule is CCOc1cc2c(cc1C(C)(C)c1ccccc1)OCO2. The van der Waals surface area contributed by atoms with Gasteiger partial charge in [0, 0.05) is 17.0 Å². The van der Waals surface area contributed by atoms with Crippen molar-refractivity contribution in [3.05, 3.63) is 53.6 Å². The Morgan fingerprint density at radius 1 is 1.05 bits per heavy atom. The van der Waals surface area contributed by atoms with Crippen molar-refractivity contribution >= 4 is 0 Å². The molecular weight excluding hydrogens is 264 g/mol. The van der Waals surface area contributed by atoms with E-state index in [1.807, 2.05) is 25.1 Å². The van der Waals surface area contributed by atoms with Crippen molar-refractivity contribution in [3.8, 4) is 17.2 Å². The van der Waals surface area contributed by atoms with Crippen LogP contribution in [0.3, 0.4) is 0 Å². The van der Waals surface area contributed by atoms with Gasteiger partial charge in [-0.25, -0.2) is 0 Å². The van der Waals surface area contributed by atoms with E-state index < -0.39 is 0 Å². The lowest BCUT2D eigenvalue weighted by molar-refractivity contribution is 0.173. The molecule has 2 aromatic carbocycles. The topological polar surface area (TPSA) is 27.7 Å². The lowest BCUT2D eigenvalue weighted by Crippen LogP contribution is -2.20. The molecule has 3 rings (SSSR count). The zero-order chi connectivity index (χ0) is 14.9. The van der Waals surface area contributed by atoms with Gasteiger partial charge in [0.05, 0.1) is 6.61 Å². The Labute approximate surface area is 125 Å². The molecule has 2 aromatic rings. The van der Waals surface area contributed by atoms with Crippen LogP contribution < -0.4 is 14.2 Å². The van der Waals surface area contributed by atoms with Gasteiger partial charge in [-0.05, 0) is 18.6 Å².